The zero-order valence-corrected chi connectivity index (χ0v) is 9.92. The SMILES string of the molecule is COc1c(F)cc(C)cc1C1(N=C=O)CCC1. The summed E-state index contributed by atoms with van der Waals surface area (Å²) in [6.07, 6.45) is 4.05. The van der Waals surface area contributed by atoms with Gasteiger partial charge < -0.3 is 4.74 Å². The maximum absolute atomic E-state index is 13.8. The highest BCUT2D eigenvalue weighted by atomic mass is 19.1. The van der Waals surface area contributed by atoms with E-state index in [1.807, 2.05) is 13.0 Å². The molecule has 0 saturated heterocycles. The molecule has 90 valence electrons. The summed E-state index contributed by atoms with van der Waals surface area (Å²) in [4.78, 5) is 14.4. The van der Waals surface area contributed by atoms with Crippen LogP contribution in [0.4, 0.5) is 4.39 Å². The maximum Gasteiger partial charge on any atom is 0.235 e. The number of methoxy groups -OCH3 is 1. The van der Waals surface area contributed by atoms with Gasteiger partial charge in [-0.25, -0.2) is 9.18 Å². The molecule has 17 heavy (non-hydrogen) atoms. The lowest BCUT2D eigenvalue weighted by Crippen LogP contribution is -2.32. The minimum absolute atomic E-state index is 0.189. The van der Waals surface area contributed by atoms with Gasteiger partial charge in [-0.15, -0.1) is 0 Å². The van der Waals surface area contributed by atoms with Crippen LogP contribution in [0.25, 0.3) is 0 Å². The van der Waals surface area contributed by atoms with Gasteiger partial charge in [-0.2, -0.15) is 4.99 Å². The van der Waals surface area contributed by atoms with Crippen molar-refractivity contribution in [1.29, 1.82) is 0 Å². The normalized spacial score (nSPS) is 16.9. The van der Waals surface area contributed by atoms with Crippen molar-refractivity contribution in [2.24, 2.45) is 4.99 Å². The van der Waals surface area contributed by atoms with E-state index in [4.69, 9.17) is 4.74 Å². The Morgan fingerprint density at radius 2 is 2.18 bits per heavy atom. The zero-order chi connectivity index (χ0) is 12.5. The minimum atomic E-state index is -0.625. The first kappa shape index (κ1) is 11.8. The summed E-state index contributed by atoms with van der Waals surface area (Å²) >= 11 is 0. The van der Waals surface area contributed by atoms with Crippen molar-refractivity contribution in [3.8, 4) is 5.75 Å². The number of hydrogen-bond acceptors (Lipinski definition) is 3. The highest BCUT2D eigenvalue weighted by Crippen LogP contribution is 2.48. The lowest BCUT2D eigenvalue weighted by Gasteiger charge is -2.38. The number of aryl methyl sites for hydroxylation is 1. The van der Waals surface area contributed by atoms with Gasteiger partial charge >= 0.3 is 0 Å². The third-order valence-electron chi connectivity index (χ3n) is 3.33. The molecule has 1 aromatic carbocycles. The lowest BCUT2D eigenvalue weighted by atomic mass is 9.71. The van der Waals surface area contributed by atoms with E-state index in [0.717, 1.165) is 24.8 Å². The molecule has 0 N–H and O–H groups in total. The van der Waals surface area contributed by atoms with Crippen molar-refractivity contribution in [3.05, 3.63) is 29.1 Å². The van der Waals surface area contributed by atoms with Gasteiger partial charge in [-0.3, -0.25) is 0 Å². The monoisotopic (exact) mass is 235 g/mol. The molecular formula is C13H14FNO2. The van der Waals surface area contributed by atoms with Crippen LogP contribution in [-0.4, -0.2) is 13.2 Å². The first-order valence-electron chi connectivity index (χ1n) is 5.56. The molecule has 0 bridgehead atoms. The van der Waals surface area contributed by atoms with Gasteiger partial charge in [0.05, 0.1) is 7.11 Å². The molecule has 1 aliphatic carbocycles. The molecule has 0 amide bonds. The zero-order valence-electron chi connectivity index (χ0n) is 9.92. The predicted octanol–water partition coefficient (Wildman–Crippen LogP) is 2.86. The van der Waals surface area contributed by atoms with Crippen molar-refractivity contribution < 1.29 is 13.9 Å². The van der Waals surface area contributed by atoms with Crippen molar-refractivity contribution in [2.75, 3.05) is 7.11 Å². The summed E-state index contributed by atoms with van der Waals surface area (Å²) in [6.45, 7) is 1.81. The molecular weight excluding hydrogens is 221 g/mol. The minimum Gasteiger partial charge on any atom is -0.493 e. The standard InChI is InChI=1S/C13H14FNO2/c1-9-6-10(12(17-2)11(14)7-9)13(15-8-16)4-3-5-13/h6-7H,3-5H2,1-2H3. The molecule has 0 radical (unpaired) electrons. The fourth-order valence-corrected chi connectivity index (χ4v) is 2.32. The second kappa shape index (κ2) is 4.30. The Bertz CT molecular complexity index is 488. The fourth-order valence-electron chi connectivity index (χ4n) is 2.32. The van der Waals surface area contributed by atoms with Crippen molar-refractivity contribution in [1.82, 2.24) is 0 Å². The molecule has 1 aliphatic rings. The molecule has 4 heteroatoms. The number of ether oxygens (including phenoxy) is 1. The first-order chi connectivity index (χ1) is 8.13. The van der Waals surface area contributed by atoms with Crippen LogP contribution in [0, 0.1) is 12.7 Å². The Balaban J connectivity index is 2.60. The molecule has 0 spiro atoms. The molecule has 2 rings (SSSR count). The Hall–Kier alpha value is -1.67. The van der Waals surface area contributed by atoms with Gasteiger partial charge in [0, 0.05) is 5.56 Å². The number of hydrogen-bond donors (Lipinski definition) is 0. The topological polar surface area (TPSA) is 38.7 Å². The van der Waals surface area contributed by atoms with Gasteiger partial charge in [0.25, 0.3) is 0 Å². The highest BCUT2D eigenvalue weighted by Gasteiger charge is 2.41. The van der Waals surface area contributed by atoms with Crippen LogP contribution in [0.2, 0.25) is 0 Å². The van der Waals surface area contributed by atoms with Crippen LogP contribution in [0.3, 0.4) is 0 Å². The molecule has 1 saturated carbocycles. The molecule has 1 aromatic rings. The number of benzene rings is 1. The molecule has 0 heterocycles. The summed E-state index contributed by atoms with van der Waals surface area (Å²) in [5.41, 5.74) is 0.831. The first-order valence-corrected chi connectivity index (χ1v) is 5.56. The van der Waals surface area contributed by atoms with E-state index in [1.54, 1.807) is 6.08 Å². The quantitative estimate of drug-likeness (QED) is 0.597. The van der Waals surface area contributed by atoms with Gasteiger partial charge in [0.15, 0.2) is 11.6 Å². The van der Waals surface area contributed by atoms with E-state index < -0.39 is 11.4 Å². The highest BCUT2D eigenvalue weighted by molar-refractivity contribution is 5.47. The lowest BCUT2D eigenvalue weighted by molar-refractivity contribution is 0.243. The van der Waals surface area contributed by atoms with Crippen LogP contribution in [-0.2, 0) is 10.3 Å². The number of aliphatic imine (C=N–C) groups is 1. The van der Waals surface area contributed by atoms with Crippen LogP contribution in [0.1, 0.15) is 30.4 Å². The van der Waals surface area contributed by atoms with Crippen molar-refractivity contribution >= 4 is 6.08 Å². The van der Waals surface area contributed by atoms with Crippen LogP contribution < -0.4 is 4.74 Å². The molecule has 0 atom stereocenters. The third-order valence-corrected chi connectivity index (χ3v) is 3.33. The largest absolute Gasteiger partial charge is 0.493 e. The average molecular weight is 235 g/mol. The van der Waals surface area contributed by atoms with Crippen LogP contribution in [0.15, 0.2) is 17.1 Å². The number of isocyanates is 1. The molecule has 3 nitrogen and oxygen atoms in total. The van der Waals surface area contributed by atoms with E-state index in [-0.39, 0.29) is 5.75 Å². The Morgan fingerprint density at radius 3 is 2.65 bits per heavy atom. The summed E-state index contributed by atoms with van der Waals surface area (Å²) in [6, 6.07) is 3.25. The summed E-state index contributed by atoms with van der Waals surface area (Å²) in [5, 5.41) is 0. The summed E-state index contributed by atoms with van der Waals surface area (Å²) in [5.74, 6) is -0.218. The fraction of sp³-hybridized carbons (Fsp3) is 0.462. The van der Waals surface area contributed by atoms with Crippen molar-refractivity contribution in [3.63, 3.8) is 0 Å². The van der Waals surface area contributed by atoms with Gasteiger partial charge in [0.1, 0.15) is 5.54 Å². The summed E-state index contributed by atoms with van der Waals surface area (Å²) < 4.78 is 18.9. The van der Waals surface area contributed by atoms with Crippen LogP contribution in [0.5, 0.6) is 5.75 Å². The summed E-state index contributed by atoms with van der Waals surface area (Å²) in [7, 11) is 1.42. The smallest absolute Gasteiger partial charge is 0.235 e. The van der Waals surface area contributed by atoms with E-state index in [0.29, 0.717) is 5.56 Å². The van der Waals surface area contributed by atoms with Gasteiger partial charge in [0.2, 0.25) is 6.08 Å². The molecule has 0 aromatic heterocycles. The second-order valence-electron chi connectivity index (χ2n) is 4.42. The molecule has 0 aliphatic heterocycles. The average Bonchev–Trinajstić information content (AvgIpc) is 2.22. The second-order valence-corrected chi connectivity index (χ2v) is 4.42. The molecule has 1 fully saturated rings. The van der Waals surface area contributed by atoms with Gasteiger partial charge in [-0.05, 0) is 43.9 Å². The Kier molecular flexibility index (Phi) is 2.99. The third kappa shape index (κ3) is 1.85. The maximum atomic E-state index is 13.8. The van der Waals surface area contributed by atoms with E-state index in [1.165, 1.54) is 13.2 Å². The number of nitrogens with zero attached hydrogens (tertiary/aromatic N) is 1. The Morgan fingerprint density at radius 1 is 1.47 bits per heavy atom. The van der Waals surface area contributed by atoms with Gasteiger partial charge in [-0.1, -0.05) is 0 Å². The van der Waals surface area contributed by atoms with E-state index in [2.05, 4.69) is 4.99 Å². The number of carbonyl (C=O) groups excluding carboxylic acids is 1. The predicted molar refractivity (Wildman–Crippen MR) is 61.3 cm³/mol. The van der Waals surface area contributed by atoms with Crippen molar-refractivity contribution in [2.45, 2.75) is 31.7 Å². The molecule has 0 unspecified atom stereocenters. The van der Waals surface area contributed by atoms with Crippen LogP contribution >= 0.6 is 0 Å². The Labute approximate surface area is 99.3 Å². The number of rotatable bonds is 3. The van der Waals surface area contributed by atoms with E-state index in [9.17, 15) is 9.18 Å². The number of halogens is 1. The van der Waals surface area contributed by atoms with E-state index >= 15 is 0 Å².